The third-order valence-electron chi connectivity index (χ3n) is 3.42. The summed E-state index contributed by atoms with van der Waals surface area (Å²) in [7, 11) is 0. The van der Waals surface area contributed by atoms with Crippen LogP contribution in [0.25, 0.3) is 0 Å². The first-order chi connectivity index (χ1) is 8.94. The number of phenolic OH excluding ortho intramolecular Hbond substituents is 1. The lowest BCUT2D eigenvalue weighted by Gasteiger charge is -2.29. The predicted molar refractivity (Wildman–Crippen MR) is 78.8 cm³/mol. The highest BCUT2D eigenvalue weighted by Gasteiger charge is 2.27. The zero-order chi connectivity index (χ0) is 15.7. The molecule has 1 rings (SSSR count). The van der Waals surface area contributed by atoms with Crippen molar-refractivity contribution in [3.8, 4) is 5.75 Å². The molecule has 0 saturated heterocycles. The van der Waals surface area contributed by atoms with Crippen LogP contribution in [0.3, 0.4) is 0 Å². The second-order valence-corrected chi connectivity index (χ2v) is 7.37. The smallest absolute Gasteiger partial charge is 0.123 e. The topological polar surface area (TPSA) is 60.4 Å². The zero-order valence-corrected chi connectivity index (χ0v) is 13.3. The molecule has 1 aromatic rings. The lowest BCUT2D eigenvalue weighted by molar-refractivity contribution is -0.305. The fraction of sp³-hybridized carbons (Fsp3) is 0.588. The van der Waals surface area contributed by atoms with Crippen LogP contribution in [0, 0.1) is 0 Å². The van der Waals surface area contributed by atoms with Gasteiger partial charge in [0, 0.05) is 11.5 Å². The van der Waals surface area contributed by atoms with Crippen molar-refractivity contribution >= 4 is 5.97 Å². The molecule has 3 heteroatoms. The van der Waals surface area contributed by atoms with Crippen LogP contribution in [0.4, 0.5) is 0 Å². The van der Waals surface area contributed by atoms with E-state index in [2.05, 4.69) is 20.8 Å². The summed E-state index contributed by atoms with van der Waals surface area (Å²) in [5.74, 6) is -0.773. The van der Waals surface area contributed by atoms with Crippen LogP contribution < -0.4 is 5.11 Å². The third-order valence-corrected chi connectivity index (χ3v) is 3.42. The summed E-state index contributed by atoms with van der Waals surface area (Å²) in [6, 6.07) is 3.83. The summed E-state index contributed by atoms with van der Waals surface area (Å²) in [6.07, 6.45) is 0.351. The normalized spacial score (nSPS) is 12.5. The molecule has 0 aliphatic rings. The zero-order valence-electron chi connectivity index (χ0n) is 13.3. The number of phenols is 1. The van der Waals surface area contributed by atoms with Gasteiger partial charge in [-0.15, -0.1) is 0 Å². The van der Waals surface area contributed by atoms with Crippen molar-refractivity contribution in [3.63, 3.8) is 0 Å². The van der Waals surface area contributed by atoms with Crippen LogP contribution in [-0.4, -0.2) is 11.1 Å². The van der Waals surface area contributed by atoms with E-state index >= 15 is 0 Å². The van der Waals surface area contributed by atoms with E-state index in [1.807, 2.05) is 32.9 Å². The first kappa shape index (κ1) is 16.5. The van der Waals surface area contributed by atoms with Crippen LogP contribution in [0.2, 0.25) is 0 Å². The SMILES string of the molecule is CC(C)(C)c1ccc(CCC(=O)[O-])c(C(C)(C)C)c1O. The summed E-state index contributed by atoms with van der Waals surface area (Å²) >= 11 is 0. The quantitative estimate of drug-likeness (QED) is 0.924. The maximum absolute atomic E-state index is 10.7. The Hall–Kier alpha value is -1.51. The van der Waals surface area contributed by atoms with Crippen LogP contribution in [-0.2, 0) is 22.0 Å². The molecule has 0 atom stereocenters. The standard InChI is InChI=1S/C17H26O3/c1-16(2,3)12-9-7-11(8-10-13(18)19)14(15(12)20)17(4,5)6/h7,9,20H,8,10H2,1-6H3,(H,18,19)/p-1. The molecule has 1 N–H and O–H groups in total. The maximum Gasteiger partial charge on any atom is 0.123 e. The van der Waals surface area contributed by atoms with Crippen molar-refractivity contribution in [1.29, 1.82) is 0 Å². The van der Waals surface area contributed by atoms with E-state index < -0.39 is 5.97 Å². The molecule has 0 bridgehead atoms. The molecule has 0 spiro atoms. The number of rotatable bonds is 3. The second kappa shape index (κ2) is 5.47. The fourth-order valence-electron chi connectivity index (χ4n) is 2.52. The molecule has 1 aromatic carbocycles. The van der Waals surface area contributed by atoms with Gasteiger partial charge in [-0.3, -0.25) is 0 Å². The van der Waals surface area contributed by atoms with E-state index in [-0.39, 0.29) is 17.3 Å². The number of carbonyl (C=O) groups excluding carboxylic acids is 1. The van der Waals surface area contributed by atoms with Gasteiger partial charge in [-0.05, 0) is 34.8 Å². The molecule has 0 heterocycles. The Bertz CT molecular complexity index is 502. The molecular formula is C17H25O3-. The minimum absolute atomic E-state index is 0.0304. The largest absolute Gasteiger partial charge is 0.550 e. The Balaban J connectivity index is 3.41. The molecule has 0 radical (unpaired) electrons. The molecule has 112 valence electrons. The minimum Gasteiger partial charge on any atom is -0.550 e. The van der Waals surface area contributed by atoms with Gasteiger partial charge in [0.2, 0.25) is 0 Å². The Kier molecular flexibility index (Phi) is 4.52. The molecule has 0 aliphatic heterocycles. The van der Waals surface area contributed by atoms with E-state index in [1.165, 1.54) is 0 Å². The minimum atomic E-state index is -1.07. The summed E-state index contributed by atoms with van der Waals surface area (Å²) in [5.41, 5.74) is 2.21. The lowest BCUT2D eigenvalue weighted by Crippen LogP contribution is -2.24. The molecular weight excluding hydrogens is 252 g/mol. The molecule has 0 unspecified atom stereocenters. The molecule has 0 amide bonds. The van der Waals surface area contributed by atoms with Gasteiger partial charge in [-0.1, -0.05) is 53.7 Å². The van der Waals surface area contributed by atoms with Gasteiger partial charge in [0.15, 0.2) is 0 Å². The van der Waals surface area contributed by atoms with Crippen molar-refractivity contribution in [2.45, 2.75) is 65.2 Å². The van der Waals surface area contributed by atoms with Crippen molar-refractivity contribution in [2.24, 2.45) is 0 Å². The van der Waals surface area contributed by atoms with Gasteiger partial charge in [0.05, 0.1) is 0 Å². The summed E-state index contributed by atoms with van der Waals surface area (Å²) in [5, 5.41) is 21.3. The number of carboxylic acid groups (broad SMARTS) is 1. The highest BCUT2D eigenvalue weighted by atomic mass is 16.4. The first-order valence-corrected chi connectivity index (χ1v) is 7.00. The Morgan fingerprint density at radius 1 is 1.10 bits per heavy atom. The van der Waals surface area contributed by atoms with Crippen molar-refractivity contribution in [1.82, 2.24) is 0 Å². The summed E-state index contributed by atoms with van der Waals surface area (Å²) < 4.78 is 0. The van der Waals surface area contributed by atoms with Crippen molar-refractivity contribution in [2.75, 3.05) is 0 Å². The van der Waals surface area contributed by atoms with Crippen LogP contribution >= 0.6 is 0 Å². The van der Waals surface area contributed by atoms with Gasteiger partial charge in [0.25, 0.3) is 0 Å². The fourth-order valence-corrected chi connectivity index (χ4v) is 2.52. The van der Waals surface area contributed by atoms with E-state index in [1.54, 1.807) is 0 Å². The third kappa shape index (κ3) is 3.75. The second-order valence-electron chi connectivity index (χ2n) is 7.37. The number of aromatic hydroxyl groups is 1. The van der Waals surface area contributed by atoms with E-state index in [0.717, 1.165) is 16.7 Å². The van der Waals surface area contributed by atoms with Crippen molar-refractivity contribution < 1.29 is 15.0 Å². The first-order valence-electron chi connectivity index (χ1n) is 7.00. The maximum atomic E-state index is 10.7. The Morgan fingerprint density at radius 2 is 1.65 bits per heavy atom. The van der Waals surface area contributed by atoms with Gasteiger partial charge < -0.3 is 15.0 Å². The van der Waals surface area contributed by atoms with Gasteiger partial charge in [-0.25, -0.2) is 0 Å². The molecule has 0 saturated carbocycles. The van der Waals surface area contributed by atoms with Gasteiger partial charge in [-0.2, -0.15) is 0 Å². The average molecular weight is 277 g/mol. The number of benzene rings is 1. The van der Waals surface area contributed by atoms with Crippen LogP contribution in [0.5, 0.6) is 5.75 Å². The number of hydrogen-bond donors (Lipinski definition) is 1. The molecule has 0 aromatic heterocycles. The molecule has 3 nitrogen and oxygen atoms in total. The predicted octanol–water partition coefficient (Wildman–Crippen LogP) is 2.67. The van der Waals surface area contributed by atoms with Crippen molar-refractivity contribution in [3.05, 3.63) is 28.8 Å². The summed E-state index contributed by atoms with van der Waals surface area (Å²) in [4.78, 5) is 10.7. The average Bonchev–Trinajstić information content (AvgIpc) is 2.22. The number of hydrogen-bond acceptors (Lipinski definition) is 3. The van der Waals surface area contributed by atoms with Gasteiger partial charge in [0.1, 0.15) is 5.75 Å². The lowest BCUT2D eigenvalue weighted by atomic mass is 9.76. The van der Waals surface area contributed by atoms with E-state index in [9.17, 15) is 15.0 Å². The highest BCUT2D eigenvalue weighted by Crippen LogP contribution is 2.41. The van der Waals surface area contributed by atoms with Gasteiger partial charge >= 0.3 is 0 Å². The summed E-state index contributed by atoms with van der Waals surface area (Å²) in [6.45, 7) is 12.2. The molecule has 20 heavy (non-hydrogen) atoms. The van der Waals surface area contributed by atoms with Crippen LogP contribution in [0.15, 0.2) is 12.1 Å². The number of carbonyl (C=O) groups is 1. The molecule has 0 aliphatic carbocycles. The van der Waals surface area contributed by atoms with E-state index in [4.69, 9.17) is 0 Å². The number of aliphatic carboxylic acids is 1. The van der Waals surface area contributed by atoms with E-state index in [0.29, 0.717) is 12.2 Å². The molecule has 0 fully saturated rings. The highest BCUT2D eigenvalue weighted by molar-refractivity contribution is 5.65. The number of aryl methyl sites for hydroxylation is 1. The Labute approximate surface area is 121 Å². The Morgan fingerprint density at radius 3 is 2.05 bits per heavy atom. The monoisotopic (exact) mass is 277 g/mol. The number of carboxylic acids is 1. The van der Waals surface area contributed by atoms with Crippen LogP contribution in [0.1, 0.15) is 64.7 Å².